The lowest BCUT2D eigenvalue weighted by molar-refractivity contribution is 0.0958. The molecule has 0 aliphatic heterocycles. The Morgan fingerprint density at radius 1 is 0.967 bits per heavy atom. The van der Waals surface area contributed by atoms with Gasteiger partial charge in [0.05, 0.1) is 0 Å². The van der Waals surface area contributed by atoms with Crippen LogP contribution in [0.3, 0.4) is 0 Å². The smallest absolute Gasteiger partial charge is 0.319 e. The third kappa shape index (κ3) is 6.10. The largest absolute Gasteiger partial charge is 0.457 e. The Balaban J connectivity index is 1.54. The number of urea groups is 1. The molecule has 0 bridgehead atoms. The van der Waals surface area contributed by atoms with Crippen LogP contribution in [0.5, 0.6) is 11.5 Å². The van der Waals surface area contributed by atoms with Gasteiger partial charge in [0.15, 0.2) is 0 Å². The monoisotopic (exact) mass is 444 g/mol. The van der Waals surface area contributed by atoms with Crippen LogP contribution in [0, 0.1) is 0 Å². The van der Waals surface area contributed by atoms with Gasteiger partial charge in [0.2, 0.25) is 0 Å². The van der Waals surface area contributed by atoms with Crippen molar-refractivity contribution in [3.05, 3.63) is 82.1 Å². The molecule has 154 valence electrons. The summed E-state index contributed by atoms with van der Waals surface area (Å²) in [5.41, 5.74) is 1.65. The summed E-state index contributed by atoms with van der Waals surface area (Å²) < 4.78 is 5.75. The van der Waals surface area contributed by atoms with Gasteiger partial charge in [-0.15, -0.1) is 0 Å². The van der Waals surface area contributed by atoms with E-state index < -0.39 is 0 Å². The number of nitrogens with zero attached hydrogens (tertiary/aromatic N) is 1. The van der Waals surface area contributed by atoms with Crippen LogP contribution in [0.15, 0.2) is 60.8 Å². The highest BCUT2D eigenvalue weighted by Gasteiger charge is 2.07. The third-order valence-electron chi connectivity index (χ3n) is 3.92. The summed E-state index contributed by atoms with van der Waals surface area (Å²) in [7, 11) is 1.54. The van der Waals surface area contributed by atoms with Crippen LogP contribution in [-0.4, -0.2) is 24.0 Å². The lowest BCUT2D eigenvalue weighted by atomic mass is 10.2. The predicted molar refractivity (Wildman–Crippen MR) is 116 cm³/mol. The van der Waals surface area contributed by atoms with E-state index in [1.165, 1.54) is 13.2 Å². The van der Waals surface area contributed by atoms with Crippen molar-refractivity contribution in [1.82, 2.24) is 15.6 Å². The highest BCUT2D eigenvalue weighted by Crippen LogP contribution is 2.23. The van der Waals surface area contributed by atoms with Gasteiger partial charge < -0.3 is 20.7 Å². The van der Waals surface area contributed by atoms with Gasteiger partial charge in [0, 0.05) is 41.6 Å². The molecule has 3 rings (SSSR count). The molecule has 2 aromatic carbocycles. The van der Waals surface area contributed by atoms with Crippen LogP contribution in [0.2, 0.25) is 10.0 Å². The minimum Gasteiger partial charge on any atom is -0.457 e. The molecule has 0 aliphatic rings. The molecule has 0 saturated carbocycles. The molecule has 30 heavy (non-hydrogen) atoms. The van der Waals surface area contributed by atoms with Crippen molar-refractivity contribution in [2.45, 2.75) is 6.54 Å². The molecule has 0 spiro atoms. The average molecular weight is 445 g/mol. The second-order valence-corrected chi connectivity index (χ2v) is 7.04. The van der Waals surface area contributed by atoms with E-state index in [4.69, 9.17) is 27.9 Å². The van der Waals surface area contributed by atoms with E-state index in [0.717, 1.165) is 5.56 Å². The maximum Gasteiger partial charge on any atom is 0.319 e. The van der Waals surface area contributed by atoms with Crippen molar-refractivity contribution in [2.75, 3.05) is 12.4 Å². The van der Waals surface area contributed by atoms with E-state index in [2.05, 4.69) is 20.9 Å². The minimum absolute atomic E-state index is 0.267. The molecule has 0 atom stereocenters. The zero-order valence-corrected chi connectivity index (χ0v) is 17.4. The predicted octanol–water partition coefficient (Wildman–Crippen LogP) is 4.86. The highest BCUT2D eigenvalue weighted by molar-refractivity contribution is 6.35. The fourth-order valence-corrected chi connectivity index (χ4v) is 3.05. The number of carbonyl (C=O) groups excluding carboxylic acids is 2. The first kappa shape index (κ1) is 21.4. The van der Waals surface area contributed by atoms with Crippen LogP contribution in [0.4, 0.5) is 10.5 Å². The van der Waals surface area contributed by atoms with E-state index in [1.807, 2.05) is 12.1 Å². The molecule has 0 unspecified atom stereocenters. The molecular weight excluding hydrogens is 427 g/mol. The third-order valence-corrected chi connectivity index (χ3v) is 4.36. The molecule has 1 aromatic heterocycles. The molecule has 7 nitrogen and oxygen atoms in total. The number of carbonyl (C=O) groups is 2. The number of aromatic nitrogens is 1. The minimum atomic E-state index is -0.382. The van der Waals surface area contributed by atoms with Crippen molar-refractivity contribution in [1.29, 1.82) is 0 Å². The number of amides is 3. The van der Waals surface area contributed by atoms with Gasteiger partial charge >= 0.3 is 6.03 Å². The number of ether oxygens (including phenoxy) is 1. The lowest BCUT2D eigenvalue weighted by Crippen LogP contribution is -2.28. The van der Waals surface area contributed by atoms with Gasteiger partial charge in [-0.2, -0.15) is 0 Å². The zero-order chi connectivity index (χ0) is 21.5. The van der Waals surface area contributed by atoms with Gasteiger partial charge in [-0.3, -0.25) is 9.78 Å². The molecular formula is C21H18Cl2N4O3. The summed E-state index contributed by atoms with van der Waals surface area (Å²) in [5.74, 6) is 0.792. The van der Waals surface area contributed by atoms with Crippen LogP contribution in [-0.2, 0) is 6.54 Å². The molecule has 0 fully saturated rings. The topological polar surface area (TPSA) is 92.4 Å². The number of halogens is 2. The van der Waals surface area contributed by atoms with Crippen LogP contribution in [0.25, 0.3) is 0 Å². The van der Waals surface area contributed by atoms with E-state index >= 15 is 0 Å². The summed E-state index contributed by atoms with van der Waals surface area (Å²) in [6.45, 7) is 0.316. The zero-order valence-electron chi connectivity index (χ0n) is 15.9. The maximum absolute atomic E-state index is 12.1. The van der Waals surface area contributed by atoms with Crippen molar-refractivity contribution in [3.8, 4) is 11.5 Å². The number of benzene rings is 2. The van der Waals surface area contributed by atoms with E-state index in [9.17, 15) is 9.59 Å². The summed E-state index contributed by atoms with van der Waals surface area (Å²) in [4.78, 5) is 27.7. The van der Waals surface area contributed by atoms with Gasteiger partial charge in [0.25, 0.3) is 5.91 Å². The number of hydrogen-bond acceptors (Lipinski definition) is 4. The second kappa shape index (κ2) is 9.96. The Bertz CT molecular complexity index is 1040. The molecule has 0 aliphatic carbocycles. The van der Waals surface area contributed by atoms with Crippen LogP contribution in [0.1, 0.15) is 16.1 Å². The molecule has 9 heteroatoms. The first-order valence-electron chi connectivity index (χ1n) is 8.89. The normalized spacial score (nSPS) is 10.2. The Labute approximate surface area is 183 Å². The fraction of sp³-hybridized carbons (Fsp3) is 0.0952. The van der Waals surface area contributed by atoms with Crippen LogP contribution >= 0.6 is 23.2 Å². The standard InChI is InChI=1S/C21H18Cl2N4O3/c1-24-20(28)19-11-18(6-7-25-19)30-17-4-2-13(3-5-17)12-26-21(29)27-16-9-14(22)8-15(23)10-16/h2-11H,12H2,1H3,(H,24,28)(H2,26,27,29). The van der Waals surface area contributed by atoms with Gasteiger partial charge in [-0.25, -0.2) is 4.79 Å². The molecule has 3 N–H and O–H groups in total. The number of rotatable bonds is 6. The van der Waals surface area contributed by atoms with Crippen molar-refractivity contribution in [2.24, 2.45) is 0 Å². The highest BCUT2D eigenvalue weighted by atomic mass is 35.5. The number of anilines is 1. The number of hydrogen-bond donors (Lipinski definition) is 3. The maximum atomic E-state index is 12.1. The first-order valence-corrected chi connectivity index (χ1v) is 9.64. The second-order valence-electron chi connectivity index (χ2n) is 6.17. The van der Waals surface area contributed by atoms with E-state index in [1.54, 1.807) is 42.5 Å². The first-order chi connectivity index (χ1) is 14.4. The quantitative estimate of drug-likeness (QED) is 0.505. The fourth-order valence-electron chi connectivity index (χ4n) is 2.52. The number of pyridine rings is 1. The van der Waals surface area contributed by atoms with Crippen molar-refractivity contribution in [3.63, 3.8) is 0 Å². The molecule has 3 aromatic rings. The van der Waals surface area contributed by atoms with Gasteiger partial charge in [0.1, 0.15) is 17.2 Å². The molecule has 1 heterocycles. The summed E-state index contributed by atoms with van der Waals surface area (Å²) in [5, 5.41) is 8.81. The van der Waals surface area contributed by atoms with E-state index in [-0.39, 0.29) is 17.6 Å². The average Bonchev–Trinajstić information content (AvgIpc) is 2.72. The van der Waals surface area contributed by atoms with E-state index in [0.29, 0.717) is 33.8 Å². The van der Waals surface area contributed by atoms with Gasteiger partial charge in [-0.1, -0.05) is 35.3 Å². The lowest BCUT2D eigenvalue weighted by Gasteiger charge is -2.10. The Hall–Kier alpha value is -3.29. The van der Waals surface area contributed by atoms with Crippen molar-refractivity contribution < 1.29 is 14.3 Å². The molecule has 0 saturated heterocycles. The summed E-state index contributed by atoms with van der Waals surface area (Å²) in [6, 6.07) is 14.8. The molecule has 3 amide bonds. The van der Waals surface area contributed by atoms with Gasteiger partial charge in [-0.05, 0) is 42.0 Å². The Morgan fingerprint density at radius 2 is 1.67 bits per heavy atom. The number of nitrogens with one attached hydrogen (secondary N) is 3. The van der Waals surface area contributed by atoms with Crippen LogP contribution < -0.4 is 20.7 Å². The Morgan fingerprint density at radius 3 is 2.33 bits per heavy atom. The van der Waals surface area contributed by atoms with Crippen molar-refractivity contribution >= 4 is 40.8 Å². The summed E-state index contributed by atoms with van der Waals surface area (Å²) >= 11 is 11.8. The Kier molecular flexibility index (Phi) is 7.11. The summed E-state index contributed by atoms with van der Waals surface area (Å²) in [6.07, 6.45) is 1.50. The SMILES string of the molecule is CNC(=O)c1cc(Oc2ccc(CNC(=O)Nc3cc(Cl)cc(Cl)c3)cc2)ccn1. The molecule has 0 radical (unpaired) electrons.